The van der Waals surface area contributed by atoms with Gasteiger partial charge in [0, 0.05) is 6.07 Å². The SMILES string of the molecule is NC(=O)c1cc(NCC(=O)Nc2ccccc2Cl)c(F)cc1F. The van der Waals surface area contributed by atoms with Gasteiger partial charge in [-0.05, 0) is 18.2 Å². The van der Waals surface area contributed by atoms with Crippen molar-refractivity contribution < 1.29 is 18.4 Å². The van der Waals surface area contributed by atoms with Crippen LogP contribution in [0.5, 0.6) is 0 Å². The normalized spacial score (nSPS) is 10.2. The van der Waals surface area contributed by atoms with Crippen LogP contribution in [-0.4, -0.2) is 18.4 Å². The minimum Gasteiger partial charge on any atom is -0.374 e. The molecule has 8 heteroatoms. The number of benzene rings is 2. The lowest BCUT2D eigenvalue weighted by molar-refractivity contribution is -0.114. The van der Waals surface area contributed by atoms with Crippen LogP contribution in [0.25, 0.3) is 0 Å². The zero-order valence-corrected chi connectivity index (χ0v) is 12.5. The Morgan fingerprint density at radius 1 is 1.09 bits per heavy atom. The summed E-state index contributed by atoms with van der Waals surface area (Å²) in [5.41, 5.74) is 4.70. The molecule has 0 bridgehead atoms. The number of amides is 2. The van der Waals surface area contributed by atoms with Crippen LogP contribution in [-0.2, 0) is 4.79 Å². The summed E-state index contributed by atoms with van der Waals surface area (Å²) < 4.78 is 27.0. The third kappa shape index (κ3) is 4.17. The number of hydrogen-bond acceptors (Lipinski definition) is 3. The van der Waals surface area contributed by atoms with Crippen LogP contribution >= 0.6 is 11.6 Å². The number of carbonyl (C=O) groups excluding carboxylic acids is 2. The van der Waals surface area contributed by atoms with Crippen molar-refractivity contribution in [3.8, 4) is 0 Å². The maximum absolute atomic E-state index is 13.6. The summed E-state index contributed by atoms with van der Waals surface area (Å²) in [5, 5.41) is 5.35. The van der Waals surface area contributed by atoms with Crippen LogP contribution in [0.15, 0.2) is 36.4 Å². The monoisotopic (exact) mass is 339 g/mol. The highest BCUT2D eigenvalue weighted by Crippen LogP contribution is 2.21. The van der Waals surface area contributed by atoms with Crippen LogP contribution in [0.2, 0.25) is 5.02 Å². The molecule has 2 amide bonds. The highest BCUT2D eigenvalue weighted by molar-refractivity contribution is 6.33. The molecular formula is C15H12ClF2N3O2. The Kier molecular flexibility index (Phi) is 5.13. The van der Waals surface area contributed by atoms with Crippen molar-refractivity contribution in [3.05, 3.63) is 58.6 Å². The molecule has 0 unspecified atom stereocenters. The summed E-state index contributed by atoms with van der Waals surface area (Å²) in [6.45, 7) is -0.314. The molecular weight excluding hydrogens is 328 g/mol. The Morgan fingerprint density at radius 2 is 1.78 bits per heavy atom. The number of halogens is 3. The van der Waals surface area contributed by atoms with Crippen molar-refractivity contribution in [1.29, 1.82) is 0 Å². The number of para-hydroxylation sites is 1. The zero-order valence-electron chi connectivity index (χ0n) is 11.7. The summed E-state index contributed by atoms with van der Waals surface area (Å²) >= 11 is 5.90. The Balaban J connectivity index is 2.06. The van der Waals surface area contributed by atoms with E-state index < -0.39 is 29.0 Å². The number of nitrogens with two attached hydrogens (primary N) is 1. The lowest BCUT2D eigenvalue weighted by Gasteiger charge is -2.10. The molecule has 120 valence electrons. The van der Waals surface area contributed by atoms with Gasteiger partial charge < -0.3 is 16.4 Å². The maximum atomic E-state index is 13.6. The van der Waals surface area contributed by atoms with Crippen molar-refractivity contribution in [3.63, 3.8) is 0 Å². The minimum absolute atomic E-state index is 0.213. The summed E-state index contributed by atoms with van der Waals surface area (Å²) in [6, 6.07) is 8.03. The fourth-order valence-corrected chi connectivity index (χ4v) is 1.99. The van der Waals surface area contributed by atoms with Crippen LogP contribution in [0, 0.1) is 11.6 Å². The number of rotatable bonds is 5. The van der Waals surface area contributed by atoms with E-state index in [0.717, 1.165) is 6.07 Å². The second kappa shape index (κ2) is 7.06. The van der Waals surface area contributed by atoms with Gasteiger partial charge in [0.05, 0.1) is 28.5 Å². The first kappa shape index (κ1) is 16.7. The first-order valence-electron chi connectivity index (χ1n) is 6.45. The molecule has 0 spiro atoms. The average molecular weight is 340 g/mol. The van der Waals surface area contributed by atoms with Gasteiger partial charge in [0.15, 0.2) is 0 Å². The molecule has 0 radical (unpaired) electrons. The van der Waals surface area contributed by atoms with Crippen molar-refractivity contribution in [2.75, 3.05) is 17.2 Å². The molecule has 0 aromatic heterocycles. The number of nitrogens with one attached hydrogen (secondary N) is 2. The van der Waals surface area contributed by atoms with Gasteiger partial charge in [0.2, 0.25) is 5.91 Å². The van der Waals surface area contributed by atoms with Gasteiger partial charge in [-0.25, -0.2) is 8.78 Å². The Bertz CT molecular complexity index is 768. The van der Waals surface area contributed by atoms with Gasteiger partial charge >= 0.3 is 0 Å². The summed E-state index contributed by atoms with van der Waals surface area (Å²) in [5.74, 6) is -3.55. The molecule has 0 saturated carbocycles. The van der Waals surface area contributed by atoms with Gasteiger partial charge in [-0.1, -0.05) is 23.7 Å². The molecule has 0 aliphatic carbocycles. The van der Waals surface area contributed by atoms with E-state index in [2.05, 4.69) is 10.6 Å². The topological polar surface area (TPSA) is 84.2 Å². The van der Waals surface area contributed by atoms with E-state index in [1.165, 1.54) is 0 Å². The highest BCUT2D eigenvalue weighted by Gasteiger charge is 2.14. The van der Waals surface area contributed by atoms with Crippen LogP contribution in [0.3, 0.4) is 0 Å². The van der Waals surface area contributed by atoms with E-state index in [4.69, 9.17) is 17.3 Å². The van der Waals surface area contributed by atoms with E-state index >= 15 is 0 Å². The van der Waals surface area contributed by atoms with Crippen molar-refractivity contribution >= 4 is 34.8 Å². The molecule has 0 heterocycles. The summed E-state index contributed by atoms with van der Waals surface area (Å²) in [6.07, 6.45) is 0. The third-order valence-corrected chi connectivity index (χ3v) is 3.24. The highest BCUT2D eigenvalue weighted by atomic mass is 35.5. The Morgan fingerprint density at radius 3 is 2.43 bits per heavy atom. The standard InChI is InChI=1S/C15H12ClF2N3O2/c16-9-3-1-2-4-12(9)21-14(22)7-20-13-5-8(15(19)23)10(17)6-11(13)18/h1-6,20H,7H2,(H2,19,23)(H,21,22). The third-order valence-electron chi connectivity index (χ3n) is 2.91. The van der Waals surface area contributed by atoms with Gasteiger partial charge in [-0.2, -0.15) is 0 Å². The molecule has 23 heavy (non-hydrogen) atoms. The van der Waals surface area contributed by atoms with Gasteiger partial charge in [-0.15, -0.1) is 0 Å². The van der Waals surface area contributed by atoms with Crippen molar-refractivity contribution in [2.24, 2.45) is 5.73 Å². The van der Waals surface area contributed by atoms with Crippen LogP contribution < -0.4 is 16.4 Å². The second-order valence-electron chi connectivity index (χ2n) is 4.56. The number of carbonyl (C=O) groups is 2. The molecule has 0 aliphatic rings. The molecule has 2 aromatic rings. The van der Waals surface area contributed by atoms with E-state index in [1.54, 1.807) is 24.3 Å². The van der Waals surface area contributed by atoms with Crippen LogP contribution in [0.4, 0.5) is 20.2 Å². The van der Waals surface area contributed by atoms with Crippen molar-refractivity contribution in [1.82, 2.24) is 0 Å². The smallest absolute Gasteiger partial charge is 0.251 e. The summed E-state index contributed by atoms with van der Waals surface area (Å²) in [7, 11) is 0. The van der Waals surface area contributed by atoms with E-state index in [-0.39, 0.29) is 12.2 Å². The molecule has 4 N–H and O–H groups in total. The molecule has 5 nitrogen and oxygen atoms in total. The van der Waals surface area contributed by atoms with Crippen LogP contribution in [0.1, 0.15) is 10.4 Å². The molecule has 2 aromatic carbocycles. The lowest BCUT2D eigenvalue weighted by Crippen LogP contribution is -2.23. The number of anilines is 2. The van der Waals surface area contributed by atoms with Crippen molar-refractivity contribution in [2.45, 2.75) is 0 Å². The molecule has 2 rings (SSSR count). The zero-order chi connectivity index (χ0) is 17.0. The quantitative estimate of drug-likeness (QED) is 0.783. The minimum atomic E-state index is -1.07. The maximum Gasteiger partial charge on any atom is 0.251 e. The molecule has 0 fully saturated rings. The molecule has 0 aliphatic heterocycles. The first-order chi connectivity index (χ1) is 10.9. The Hall–Kier alpha value is -2.67. The van der Waals surface area contributed by atoms with Gasteiger partial charge in [0.25, 0.3) is 5.91 Å². The lowest BCUT2D eigenvalue weighted by atomic mass is 10.1. The van der Waals surface area contributed by atoms with E-state index in [9.17, 15) is 18.4 Å². The first-order valence-corrected chi connectivity index (χ1v) is 6.83. The summed E-state index contributed by atoms with van der Waals surface area (Å²) in [4.78, 5) is 22.9. The number of primary amides is 1. The molecule has 0 atom stereocenters. The molecule has 0 saturated heterocycles. The predicted molar refractivity (Wildman–Crippen MR) is 83.4 cm³/mol. The second-order valence-corrected chi connectivity index (χ2v) is 4.96. The fourth-order valence-electron chi connectivity index (χ4n) is 1.81. The van der Waals surface area contributed by atoms with E-state index in [0.29, 0.717) is 16.8 Å². The van der Waals surface area contributed by atoms with Gasteiger partial charge in [-0.3, -0.25) is 9.59 Å². The number of hydrogen-bond donors (Lipinski definition) is 3. The Labute approximate surface area is 135 Å². The van der Waals surface area contributed by atoms with Gasteiger partial charge in [0.1, 0.15) is 11.6 Å². The average Bonchev–Trinajstić information content (AvgIpc) is 2.48. The van der Waals surface area contributed by atoms with E-state index in [1.807, 2.05) is 0 Å². The fraction of sp³-hybridized carbons (Fsp3) is 0.0667. The largest absolute Gasteiger partial charge is 0.374 e. The predicted octanol–water partition coefficient (Wildman–Crippen LogP) is 2.77.